The molecule has 0 aliphatic carbocycles. The molecular weight excluding hydrogens is 390 g/mol. The Bertz CT molecular complexity index is 780. The lowest BCUT2D eigenvalue weighted by atomic mass is 10.2. The van der Waals surface area contributed by atoms with E-state index < -0.39 is 10.0 Å². The van der Waals surface area contributed by atoms with Gasteiger partial charge in [-0.2, -0.15) is 4.31 Å². The summed E-state index contributed by atoms with van der Waals surface area (Å²) in [6.07, 6.45) is 0. The van der Waals surface area contributed by atoms with Gasteiger partial charge in [0, 0.05) is 24.1 Å². The Hall–Kier alpha value is -1.41. The van der Waals surface area contributed by atoms with Crippen molar-refractivity contribution in [2.24, 2.45) is 0 Å². The third-order valence-electron chi connectivity index (χ3n) is 3.59. The summed E-state index contributed by atoms with van der Waals surface area (Å²) < 4.78 is 28.4. The minimum atomic E-state index is -3.68. The van der Waals surface area contributed by atoms with Gasteiger partial charge in [-0.3, -0.25) is 0 Å². The second-order valence-electron chi connectivity index (χ2n) is 5.81. The molecular formula is C17H22BrN3O2S. The number of anilines is 1. The molecule has 2 N–H and O–H groups in total. The highest BCUT2D eigenvalue weighted by Crippen LogP contribution is 2.26. The third-order valence-corrected chi connectivity index (χ3v) is 6.00. The van der Waals surface area contributed by atoms with Gasteiger partial charge in [0.15, 0.2) is 0 Å². The maximum atomic E-state index is 13.1. The first-order valence-corrected chi connectivity index (χ1v) is 9.78. The molecule has 7 heteroatoms. The predicted molar refractivity (Wildman–Crippen MR) is 101 cm³/mol. The Morgan fingerprint density at radius 3 is 2.29 bits per heavy atom. The summed E-state index contributed by atoms with van der Waals surface area (Å²) in [6, 6.07) is 14.4. The van der Waals surface area contributed by atoms with Gasteiger partial charge >= 0.3 is 0 Å². The quantitative estimate of drug-likeness (QED) is 0.711. The number of nitrogens with zero attached hydrogens (tertiary/aromatic N) is 2. The van der Waals surface area contributed by atoms with Crippen LogP contribution in [0.4, 0.5) is 5.69 Å². The monoisotopic (exact) mass is 411 g/mol. The summed E-state index contributed by atoms with van der Waals surface area (Å²) in [7, 11) is 0.154. The van der Waals surface area contributed by atoms with Crippen LogP contribution in [0.25, 0.3) is 0 Å². The lowest BCUT2D eigenvalue weighted by Gasteiger charge is -2.24. The van der Waals surface area contributed by atoms with Crippen LogP contribution in [0, 0.1) is 0 Å². The van der Waals surface area contributed by atoms with Gasteiger partial charge in [0.1, 0.15) is 4.90 Å². The lowest BCUT2D eigenvalue weighted by molar-refractivity contribution is 0.329. The van der Waals surface area contributed by atoms with Crippen LogP contribution in [0.15, 0.2) is 57.9 Å². The van der Waals surface area contributed by atoms with E-state index >= 15 is 0 Å². The van der Waals surface area contributed by atoms with Gasteiger partial charge in [0.25, 0.3) is 0 Å². The van der Waals surface area contributed by atoms with Crippen molar-refractivity contribution in [3.05, 3.63) is 58.6 Å². The van der Waals surface area contributed by atoms with Crippen molar-refractivity contribution >= 4 is 31.6 Å². The zero-order valence-corrected chi connectivity index (χ0v) is 16.2. The fourth-order valence-electron chi connectivity index (χ4n) is 2.28. The van der Waals surface area contributed by atoms with Gasteiger partial charge < -0.3 is 10.6 Å². The molecule has 0 unspecified atom stereocenters. The van der Waals surface area contributed by atoms with Crippen LogP contribution in [0.2, 0.25) is 0 Å². The zero-order chi connectivity index (χ0) is 17.7. The Morgan fingerprint density at radius 1 is 1.04 bits per heavy atom. The fourth-order valence-corrected chi connectivity index (χ4v) is 4.17. The van der Waals surface area contributed by atoms with Crippen LogP contribution in [-0.2, 0) is 16.6 Å². The first-order valence-electron chi connectivity index (χ1n) is 7.54. The van der Waals surface area contributed by atoms with E-state index in [0.717, 1.165) is 10.0 Å². The first kappa shape index (κ1) is 18.9. The number of halogens is 1. The third kappa shape index (κ3) is 4.80. The van der Waals surface area contributed by atoms with Crippen LogP contribution in [0.3, 0.4) is 0 Å². The Balaban J connectivity index is 2.36. The molecule has 0 saturated heterocycles. The highest BCUT2D eigenvalue weighted by Gasteiger charge is 2.26. The predicted octanol–water partition coefficient (Wildman–Crippen LogP) is 2.78. The Morgan fingerprint density at radius 2 is 1.71 bits per heavy atom. The Kier molecular flexibility index (Phi) is 6.40. The van der Waals surface area contributed by atoms with Crippen molar-refractivity contribution in [3.8, 4) is 0 Å². The van der Waals surface area contributed by atoms with Crippen molar-refractivity contribution in [3.63, 3.8) is 0 Å². The summed E-state index contributed by atoms with van der Waals surface area (Å²) in [6.45, 7) is 1.33. The van der Waals surface area contributed by atoms with Gasteiger partial charge in [-0.15, -0.1) is 0 Å². The molecule has 0 spiro atoms. The number of nitrogen functional groups attached to an aromatic ring is 1. The van der Waals surface area contributed by atoms with E-state index in [1.807, 2.05) is 49.3 Å². The van der Waals surface area contributed by atoms with E-state index in [2.05, 4.69) is 15.9 Å². The molecule has 0 aromatic heterocycles. The summed E-state index contributed by atoms with van der Waals surface area (Å²) in [5.41, 5.74) is 7.13. The van der Waals surface area contributed by atoms with Gasteiger partial charge in [0.2, 0.25) is 10.0 Å². The highest BCUT2D eigenvalue weighted by atomic mass is 79.9. The Labute approximate surface area is 152 Å². The minimum Gasteiger partial charge on any atom is -0.398 e. The van der Waals surface area contributed by atoms with E-state index in [4.69, 9.17) is 5.73 Å². The number of hydrogen-bond donors (Lipinski definition) is 1. The second-order valence-corrected chi connectivity index (χ2v) is 8.63. The number of likely N-dealkylation sites (N-methyl/N-ethyl adjacent to an activating group) is 1. The molecule has 2 aromatic rings. The van der Waals surface area contributed by atoms with Gasteiger partial charge in [-0.25, -0.2) is 8.42 Å². The average Bonchev–Trinajstić information content (AvgIpc) is 2.51. The normalized spacial score (nSPS) is 12.0. The largest absolute Gasteiger partial charge is 0.398 e. The molecule has 0 heterocycles. The molecule has 2 rings (SSSR count). The average molecular weight is 412 g/mol. The lowest BCUT2D eigenvalue weighted by Crippen LogP contribution is -2.36. The maximum absolute atomic E-state index is 13.1. The molecule has 0 aliphatic rings. The molecule has 130 valence electrons. The highest BCUT2D eigenvalue weighted by molar-refractivity contribution is 9.10. The first-order chi connectivity index (χ1) is 11.3. The molecule has 0 aliphatic heterocycles. The minimum absolute atomic E-state index is 0.139. The standard InChI is InChI=1S/C17H22BrN3O2S/c1-20(2)10-11-21(13-14-6-4-3-5-7-14)24(22,23)17-9-8-15(18)12-16(17)19/h3-9,12H,10-11,13,19H2,1-2H3. The van der Waals surface area contributed by atoms with Gasteiger partial charge in [-0.1, -0.05) is 46.3 Å². The number of sulfonamides is 1. The van der Waals surface area contributed by atoms with Crippen molar-refractivity contribution in [1.82, 2.24) is 9.21 Å². The van der Waals surface area contributed by atoms with Crippen molar-refractivity contribution < 1.29 is 8.42 Å². The fraction of sp³-hybridized carbons (Fsp3) is 0.294. The topological polar surface area (TPSA) is 66.6 Å². The van der Waals surface area contributed by atoms with E-state index in [9.17, 15) is 8.42 Å². The second kappa shape index (κ2) is 8.11. The van der Waals surface area contributed by atoms with E-state index in [0.29, 0.717) is 19.6 Å². The SMILES string of the molecule is CN(C)CCN(Cc1ccccc1)S(=O)(=O)c1ccc(Br)cc1N. The van der Waals surface area contributed by atoms with Gasteiger partial charge in [-0.05, 0) is 37.9 Å². The van der Waals surface area contributed by atoms with Crippen molar-refractivity contribution in [2.75, 3.05) is 32.9 Å². The maximum Gasteiger partial charge on any atom is 0.245 e. The molecule has 2 aromatic carbocycles. The number of hydrogen-bond acceptors (Lipinski definition) is 4. The molecule has 0 atom stereocenters. The molecule has 0 bridgehead atoms. The number of benzene rings is 2. The van der Waals surface area contributed by atoms with Crippen molar-refractivity contribution in [1.29, 1.82) is 0 Å². The van der Waals surface area contributed by atoms with Crippen LogP contribution in [0.5, 0.6) is 0 Å². The van der Waals surface area contributed by atoms with E-state index in [1.54, 1.807) is 18.2 Å². The van der Waals surface area contributed by atoms with Crippen LogP contribution >= 0.6 is 15.9 Å². The molecule has 0 radical (unpaired) electrons. The van der Waals surface area contributed by atoms with Gasteiger partial charge in [0.05, 0.1) is 5.69 Å². The van der Waals surface area contributed by atoms with Crippen LogP contribution in [-0.4, -0.2) is 44.8 Å². The summed E-state index contributed by atoms with van der Waals surface area (Å²) in [5.74, 6) is 0. The smallest absolute Gasteiger partial charge is 0.245 e. The van der Waals surface area contributed by atoms with Crippen LogP contribution in [0.1, 0.15) is 5.56 Å². The molecule has 0 amide bonds. The summed E-state index contributed by atoms with van der Waals surface area (Å²) in [5, 5.41) is 0. The van der Waals surface area contributed by atoms with Crippen molar-refractivity contribution in [2.45, 2.75) is 11.4 Å². The molecule has 24 heavy (non-hydrogen) atoms. The van der Waals surface area contributed by atoms with E-state index in [1.165, 1.54) is 4.31 Å². The summed E-state index contributed by atoms with van der Waals surface area (Å²) >= 11 is 3.31. The summed E-state index contributed by atoms with van der Waals surface area (Å²) in [4.78, 5) is 2.10. The number of nitrogens with two attached hydrogens (primary N) is 1. The van der Waals surface area contributed by atoms with E-state index in [-0.39, 0.29) is 10.6 Å². The number of rotatable bonds is 7. The zero-order valence-electron chi connectivity index (χ0n) is 13.8. The van der Waals surface area contributed by atoms with Crippen LogP contribution < -0.4 is 5.73 Å². The molecule has 0 fully saturated rings. The molecule has 5 nitrogen and oxygen atoms in total. The molecule has 0 saturated carbocycles.